The number of carbonyl (C=O) groups excluding carboxylic acids is 2. The molecule has 0 aromatic heterocycles. The number of amides is 1. The van der Waals surface area contributed by atoms with E-state index in [-0.39, 0.29) is 17.4 Å². The number of Topliss-reactive ketones (excluding diaryl/α,β-unsaturated/α-hetero) is 1. The second kappa shape index (κ2) is 7.65. The highest BCUT2D eigenvalue weighted by Gasteiger charge is 2.49. The lowest BCUT2D eigenvalue weighted by molar-refractivity contribution is -0.141. The highest BCUT2D eigenvalue weighted by molar-refractivity contribution is 6.46. The predicted molar refractivity (Wildman–Crippen MR) is 117 cm³/mol. The number of aliphatic hydroxyl groups is 1. The van der Waals surface area contributed by atoms with Crippen LogP contribution in [0.5, 0.6) is 0 Å². The maximum absolute atomic E-state index is 13.6. The molecular formula is C26H22FNO3. The lowest BCUT2D eigenvalue weighted by atomic mass is 9.93. The largest absolute Gasteiger partial charge is 0.507 e. The van der Waals surface area contributed by atoms with Crippen molar-refractivity contribution in [1.82, 2.24) is 4.90 Å². The first-order valence-electron chi connectivity index (χ1n) is 10.6. The van der Waals surface area contributed by atoms with Crippen LogP contribution in [0.25, 0.3) is 16.5 Å². The van der Waals surface area contributed by atoms with E-state index in [1.54, 1.807) is 23.1 Å². The van der Waals surface area contributed by atoms with Gasteiger partial charge in [0, 0.05) is 11.6 Å². The lowest BCUT2D eigenvalue weighted by Gasteiger charge is -2.30. The quantitative estimate of drug-likeness (QED) is 0.357. The molecule has 1 unspecified atom stereocenters. The van der Waals surface area contributed by atoms with Crippen LogP contribution in [0.3, 0.4) is 0 Å². The zero-order valence-corrected chi connectivity index (χ0v) is 16.9. The van der Waals surface area contributed by atoms with Crippen molar-refractivity contribution < 1.29 is 19.1 Å². The van der Waals surface area contributed by atoms with Crippen LogP contribution in [0.15, 0.2) is 72.3 Å². The average molecular weight is 415 g/mol. The number of nitrogens with zero attached hydrogens (tertiary/aromatic N) is 1. The first kappa shape index (κ1) is 19.5. The molecule has 5 rings (SSSR count). The van der Waals surface area contributed by atoms with Crippen LogP contribution in [-0.4, -0.2) is 27.7 Å². The van der Waals surface area contributed by atoms with E-state index in [1.165, 1.54) is 12.1 Å². The predicted octanol–water partition coefficient (Wildman–Crippen LogP) is 5.34. The molecular weight excluding hydrogens is 393 g/mol. The SMILES string of the molecule is O=C1C(=O)N(C2CCCC2)C(c2ccc(F)cc2)/C1=C(/O)c1cccc2ccccc12. The summed E-state index contributed by atoms with van der Waals surface area (Å²) in [6.45, 7) is 0. The fourth-order valence-electron chi connectivity index (χ4n) is 4.96. The molecule has 1 saturated heterocycles. The van der Waals surface area contributed by atoms with Gasteiger partial charge in [0.2, 0.25) is 0 Å². The van der Waals surface area contributed by atoms with Crippen LogP contribution < -0.4 is 0 Å². The Kier molecular flexibility index (Phi) is 4.81. The van der Waals surface area contributed by atoms with E-state index in [2.05, 4.69) is 0 Å². The van der Waals surface area contributed by atoms with Crippen molar-refractivity contribution in [3.8, 4) is 0 Å². The highest BCUT2D eigenvalue weighted by atomic mass is 19.1. The third-order valence-electron chi connectivity index (χ3n) is 6.43. The molecule has 156 valence electrons. The molecule has 1 heterocycles. The monoisotopic (exact) mass is 415 g/mol. The summed E-state index contributed by atoms with van der Waals surface area (Å²) in [4.78, 5) is 27.9. The third-order valence-corrected chi connectivity index (χ3v) is 6.43. The Balaban J connectivity index is 1.73. The fourth-order valence-corrected chi connectivity index (χ4v) is 4.96. The number of halogens is 1. The number of likely N-dealkylation sites (tertiary alicyclic amines) is 1. The van der Waals surface area contributed by atoms with Gasteiger partial charge in [0.05, 0.1) is 11.6 Å². The van der Waals surface area contributed by atoms with Crippen LogP contribution in [0.2, 0.25) is 0 Å². The summed E-state index contributed by atoms with van der Waals surface area (Å²) in [6.07, 6.45) is 3.62. The van der Waals surface area contributed by atoms with Crippen molar-refractivity contribution in [3.63, 3.8) is 0 Å². The maximum Gasteiger partial charge on any atom is 0.295 e. The topological polar surface area (TPSA) is 57.6 Å². The fraction of sp³-hybridized carbons (Fsp3) is 0.231. The minimum Gasteiger partial charge on any atom is -0.507 e. The van der Waals surface area contributed by atoms with Crippen LogP contribution in [0, 0.1) is 5.82 Å². The number of hydrogen-bond acceptors (Lipinski definition) is 3. The summed E-state index contributed by atoms with van der Waals surface area (Å²) in [5, 5.41) is 13.1. The molecule has 0 radical (unpaired) electrons. The molecule has 2 fully saturated rings. The zero-order chi connectivity index (χ0) is 21.5. The molecule has 1 aliphatic carbocycles. The van der Waals surface area contributed by atoms with Crippen molar-refractivity contribution in [1.29, 1.82) is 0 Å². The van der Waals surface area contributed by atoms with Gasteiger partial charge in [-0.25, -0.2) is 4.39 Å². The molecule has 3 aromatic rings. The second-order valence-electron chi connectivity index (χ2n) is 8.22. The Morgan fingerprint density at radius 3 is 2.32 bits per heavy atom. The molecule has 3 aromatic carbocycles. The highest BCUT2D eigenvalue weighted by Crippen LogP contribution is 2.44. The summed E-state index contributed by atoms with van der Waals surface area (Å²) < 4.78 is 13.6. The summed E-state index contributed by atoms with van der Waals surface area (Å²) in [6, 6.07) is 18.1. The Morgan fingerprint density at radius 2 is 1.58 bits per heavy atom. The molecule has 1 saturated carbocycles. The van der Waals surface area contributed by atoms with Gasteiger partial charge in [0.1, 0.15) is 11.6 Å². The van der Waals surface area contributed by atoms with E-state index in [9.17, 15) is 19.1 Å². The maximum atomic E-state index is 13.6. The van der Waals surface area contributed by atoms with E-state index in [1.807, 2.05) is 36.4 Å². The normalized spacial score (nSPS) is 21.3. The van der Waals surface area contributed by atoms with E-state index >= 15 is 0 Å². The van der Waals surface area contributed by atoms with Gasteiger partial charge in [0.15, 0.2) is 0 Å². The molecule has 1 aliphatic heterocycles. The Hall–Kier alpha value is -3.47. The average Bonchev–Trinajstić information content (AvgIpc) is 3.40. The van der Waals surface area contributed by atoms with Gasteiger partial charge >= 0.3 is 0 Å². The Morgan fingerprint density at radius 1 is 0.903 bits per heavy atom. The number of carbonyl (C=O) groups is 2. The van der Waals surface area contributed by atoms with Crippen LogP contribution in [0.4, 0.5) is 4.39 Å². The number of hydrogen-bond donors (Lipinski definition) is 1. The van der Waals surface area contributed by atoms with Crippen molar-refractivity contribution in [3.05, 3.63) is 89.2 Å². The lowest BCUT2D eigenvalue weighted by Crippen LogP contribution is -2.37. The number of aliphatic hydroxyl groups excluding tert-OH is 1. The summed E-state index contributed by atoms with van der Waals surface area (Å²) in [5.41, 5.74) is 1.20. The molecule has 2 aliphatic rings. The molecule has 0 spiro atoms. The van der Waals surface area contributed by atoms with Crippen LogP contribution in [-0.2, 0) is 9.59 Å². The molecule has 1 N–H and O–H groups in total. The van der Waals surface area contributed by atoms with Crippen molar-refractivity contribution in [2.75, 3.05) is 0 Å². The third kappa shape index (κ3) is 3.21. The van der Waals surface area contributed by atoms with Crippen molar-refractivity contribution >= 4 is 28.2 Å². The number of ketones is 1. The number of benzene rings is 3. The molecule has 31 heavy (non-hydrogen) atoms. The smallest absolute Gasteiger partial charge is 0.295 e. The minimum atomic E-state index is -0.734. The first-order chi connectivity index (χ1) is 15.1. The van der Waals surface area contributed by atoms with Gasteiger partial charge < -0.3 is 10.0 Å². The van der Waals surface area contributed by atoms with Crippen molar-refractivity contribution in [2.24, 2.45) is 0 Å². The molecule has 0 bridgehead atoms. The van der Waals surface area contributed by atoms with Gasteiger partial charge in [-0.05, 0) is 41.3 Å². The molecule has 1 atom stereocenters. The number of fused-ring (bicyclic) bond motifs is 1. The van der Waals surface area contributed by atoms with E-state index in [0.29, 0.717) is 11.1 Å². The second-order valence-corrected chi connectivity index (χ2v) is 8.22. The minimum absolute atomic E-state index is 0.0654. The summed E-state index contributed by atoms with van der Waals surface area (Å²) >= 11 is 0. The summed E-state index contributed by atoms with van der Waals surface area (Å²) in [5.74, 6) is -1.87. The molecule has 1 amide bonds. The van der Waals surface area contributed by atoms with E-state index in [4.69, 9.17) is 0 Å². The van der Waals surface area contributed by atoms with Gasteiger partial charge in [0.25, 0.3) is 11.7 Å². The summed E-state index contributed by atoms with van der Waals surface area (Å²) in [7, 11) is 0. The van der Waals surface area contributed by atoms with Gasteiger partial charge in [-0.15, -0.1) is 0 Å². The number of rotatable bonds is 3. The first-order valence-corrected chi connectivity index (χ1v) is 10.6. The molecule has 5 heteroatoms. The Bertz CT molecular complexity index is 1200. The van der Waals surface area contributed by atoms with Crippen LogP contribution in [0.1, 0.15) is 42.9 Å². The van der Waals surface area contributed by atoms with E-state index in [0.717, 1.165) is 36.5 Å². The van der Waals surface area contributed by atoms with E-state index < -0.39 is 23.5 Å². The van der Waals surface area contributed by atoms with Crippen molar-refractivity contribution in [2.45, 2.75) is 37.8 Å². The standard InChI is InChI=1S/C26H22FNO3/c27-18-14-12-17(13-15-18)23-22(25(30)26(31)28(23)19-8-2-3-9-19)24(29)21-11-5-7-16-6-1-4-10-20(16)21/h1,4-7,10-15,19,23,29H,2-3,8-9H2/b24-22-. The zero-order valence-electron chi connectivity index (χ0n) is 16.9. The Labute approximate surface area is 179 Å². The van der Waals surface area contributed by atoms with Gasteiger partial charge in [-0.3, -0.25) is 9.59 Å². The molecule has 4 nitrogen and oxygen atoms in total. The van der Waals surface area contributed by atoms with Gasteiger partial charge in [-0.1, -0.05) is 67.4 Å². The van der Waals surface area contributed by atoms with Gasteiger partial charge in [-0.2, -0.15) is 0 Å². The van der Waals surface area contributed by atoms with Crippen LogP contribution >= 0.6 is 0 Å².